The van der Waals surface area contributed by atoms with Crippen LogP contribution in [-0.4, -0.2) is 40.5 Å². The fraction of sp³-hybridized carbons (Fsp3) is 0.333. The number of hydrogen-bond acceptors (Lipinski definition) is 3. The Labute approximate surface area is 131 Å². The van der Waals surface area contributed by atoms with Crippen LogP contribution in [0.1, 0.15) is 30.1 Å². The predicted octanol–water partition coefficient (Wildman–Crippen LogP) is 3.22. The minimum absolute atomic E-state index is 0.0232. The van der Waals surface area contributed by atoms with Gasteiger partial charge in [-0.3, -0.25) is 14.8 Å². The molecular formula is C18H21N3O. The highest BCUT2D eigenvalue weighted by molar-refractivity contribution is 6.00. The molecule has 4 nitrogen and oxygen atoms in total. The molecule has 0 N–H and O–H groups in total. The van der Waals surface area contributed by atoms with E-state index in [-0.39, 0.29) is 5.91 Å². The summed E-state index contributed by atoms with van der Waals surface area (Å²) >= 11 is 0. The molecule has 1 aliphatic rings. The summed E-state index contributed by atoms with van der Waals surface area (Å²) in [7, 11) is 1.86. The molecule has 1 saturated heterocycles. The van der Waals surface area contributed by atoms with Gasteiger partial charge in [0.25, 0.3) is 5.91 Å². The maximum atomic E-state index is 12.9. The van der Waals surface area contributed by atoms with Gasteiger partial charge in [0.1, 0.15) is 0 Å². The van der Waals surface area contributed by atoms with Crippen molar-refractivity contribution >= 4 is 5.91 Å². The largest absolute Gasteiger partial charge is 0.274 e. The van der Waals surface area contributed by atoms with E-state index >= 15 is 0 Å². The van der Waals surface area contributed by atoms with Crippen molar-refractivity contribution in [1.29, 1.82) is 0 Å². The maximum Gasteiger partial charge on any atom is 0.268 e. The summed E-state index contributed by atoms with van der Waals surface area (Å²) in [6.07, 6.45) is 5.73. The van der Waals surface area contributed by atoms with Crippen molar-refractivity contribution < 1.29 is 4.79 Å². The lowest BCUT2D eigenvalue weighted by atomic mass is 10.0. The van der Waals surface area contributed by atoms with Gasteiger partial charge in [-0.25, -0.2) is 5.01 Å². The number of pyridine rings is 1. The van der Waals surface area contributed by atoms with Crippen LogP contribution in [0.15, 0.2) is 48.8 Å². The zero-order chi connectivity index (χ0) is 15.5. The predicted molar refractivity (Wildman–Crippen MR) is 87.2 cm³/mol. The van der Waals surface area contributed by atoms with E-state index in [4.69, 9.17) is 0 Å². The molecule has 2 aromatic rings. The molecule has 2 heterocycles. The van der Waals surface area contributed by atoms with E-state index in [9.17, 15) is 4.79 Å². The van der Waals surface area contributed by atoms with E-state index in [1.54, 1.807) is 17.4 Å². The van der Waals surface area contributed by atoms with E-state index in [2.05, 4.69) is 16.9 Å². The number of carbonyl (C=O) groups excluding carboxylic acids is 1. The number of nitrogens with zero attached hydrogens (tertiary/aromatic N) is 3. The number of hydrogen-bond donors (Lipinski definition) is 0. The first-order chi connectivity index (χ1) is 10.7. The summed E-state index contributed by atoms with van der Waals surface area (Å²) in [6, 6.07) is 12.2. The highest BCUT2D eigenvalue weighted by Crippen LogP contribution is 2.25. The Morgan fingerprint density at radius 1 is 1.27 bits per heavy atom. The average Bonchev–Trinajstić information content (AvgIpc) is 3.00. The third-order valence-electron chi connectivity index (χ3n) is 4.33. The molecule has 22 heavy (non-hydrogen) atoms. The number of rotatable bonds is 3. The Kier molecular flexibility index (Phi) is 4.20. The number of amides is 1. The number of carbonyl (C=O) groups is 1. The summed E-state index contributed by atoms with van der Waals surface area (Å²) in [6.45, 7) is 3.11. The van der Waals surface area contributed by atoms with E-state index in [0.29, 0.717) is 11.6 Å². The first kappa shape index (κ1) is 14.7. The van der Waals surface area contributed by atoms with Crippen LogP contribution in [0, 0.1) is 0 Å². The number of benzene rings is 1. The second-order valence-corrected chi connectivity index (χ2v) is 5.77. The number of aromatic nitrogens is 1. The van der Waals surface area contributed by atoms with Crippen LogP contribution in [0.3, 0.4) is 0 Å². The van der Waals surface area contributed by atoms with E-state index in [0.717, 1.165) is 30.5 Å². The Bertz CT molecular complexity index is 656. The van der Waals surface area contributed by atoms with Crippen molar-refractivity contribution in [2.45, 2.75) is 25.8 Å². The monoisotopic (exact) mass is 295 g/mol. The zero-order valence-corrected chi connectivity index (χ0v) is 13.1. The summed E-state index contributed by atoms with van der Waals surface area (Å²) < 4.78 is 0. The van der Waals surface area contributed by atoms with Crippen molar-refractivity contribution in [3.05, 3.63) is 54.4 Å². The van der Waals surface area contributed by atoms with Gasteiger partial charge in [-0.2, -0.15) is 0 Å². The molecule has 0 aliphatic carbocycles. The molecule has 0 bridgehead atoms. The quantitative estimate of drug-likeness (QED) is 0.872. The van der Waals surface area contributed by atoms with Crippen LogP contribution in [0.25, 0.3) is 11.1 Å². The van der Waals surface area contributed by atoms with Gasteiger partial charge in [0.15, 0.2) is 0 Å². The smallest absolute Gasteiger partial charge is 0.268 e. The lowest BCUT2D eigenvalue weighted by Gasteiger charge is -2.32. The molecule has 4 heteroatoms. The van der Waals surface area contributed by atoms with Crippen molar-refractivity contribution in [2.75, 3.05) is 13.6 Å². The number of hydrazine groups is 1. The SMILES string of the molecule is CC1CCCN1N(C)C(=O)c1ccncc1-c1ccccc1. The van der Waals surface area contributed by atoms with Crippen LogP contribution in [0.5, 0.6) is 0 Å². The van der Waals surface area contributed by atoms with E-state index in [1.807, 2.05) is 43.4 Å². The molecule has 0 spiro atoms. The third-order valence-corrected chi connectivity index (χ3v) is 4.33. The van der Waals surface area contributed by atoms with Crippen molar-refractivity contribution in [1.82, 2.24) is 15.0 Å². The second-order valence-electron chi connectivity index (χ2n) is 5.77. The Hall–Kier alpha value is -2.20. The molecule has 1 aromatic carbocycles. The summed E-state index contributed by atoms with van der Waals surface area (Å²) in [5, 5.41) is 3.91. The van der Waals surface area contributed by atoms with Gasteiger partial charge >= 0.3 is 0 Å². The van der Waals surface area contributed by atoms with Crippen LogP contribution in [-0.2, 0) is 0 Å². The van der Waals surface area contributed by atoms with Gasteiger partial charge < -0.3 is 0 Å². The molecule has 1 unspecified atom stereocenters. The Morgan fingerprint density at radius 2 is 2.05 bits per heavy atom. The Morgan fingerprint density at radius 3 is 2.73 bits per heavy atom. The highest BCUT2D eigenvalue weighted by atomic mass is 16.2. The molecule has 1 aromatic heterocycles. The molecule has 0 saturated carbocycles. The molecule has 1 aliphatic heterocycles. The minimum atomic E-state index is 0.0232. The highest BCUT2D eigenvalue weighted by Gasteiger charge is 2.28. The van der Waals surface area contributed by atoms with Gasteiger partial charge in [0, 0.05) is 37.6 Å². The molecule has 1 amide bonds. The normalized spacial score (nSPS) is 18.4. The summed E-state index contributed by atoms with van der Waals surface area (Å²) in [5.41, 5.74) is 2.59. The van der Waals surface area contributed by atoms with Gasteiger partial charge in [-0.15, -0.1) is 0 Å². The van der Waals surface area contributed by atoms with Gasteiger partial charge in [-0.1, -0.05) is 30.3 Å². The van der Waals surface area contributed by atoms with Crippen LogP contribution in [0.4, 0.5) is 0 Å². The molecule has 1 atom stereocenters. The van der Waals surface area contributed by atoms with Crippen molar-refractivity contribution in [3.8, 4) is 11.1 Å². The zero-order valence-electron chi connectivity index (χ0n) is 13.1. The first-order valence-electron chi connectivity index (χ1n) is 7.72. The van der Waals surface area contributed by atoms with Gasteiger partial charge in [0.05, 0.1) is 5.56 Å². The van der Waals surface area contributed by atoms with E-state index < -0.39 is 0 Å². The van der Waals surface area contributed by atoms with Gasteiger partial charge in [-0.05, 0) is 31.4 Å². The second kappa shape index (κ2) is 6.28. The minimum Gasteiger partial charge on any atom is -0.274 e. The fourth-order valence-electron chi connectivity index (χ4n) is 3.08. The molecular weight excluding hydrogens is 274 g/mol. The molecule has 1 fully saturated rings. The Balaban J connectivity index is 1.93. The lowest BCUT2D eigenvalue weighted by molar-refractivity contribution is 0.00156. The van der Waals surface area contributed by atoms with Crippen molar-refractivity contribution in [3.63, 3.8) is 0 Å². The van der Waals surface area contributed by atoms with Crippen LogP contribution in [0.2, 0.25) is 0 Å². The maximum absolute atomic E-state index is 12.9. The summed E-state index contributed by atoms with van der Waals surface area (Å²) in [5.74, 6) is 0.0232. The molecule has 114 valence electrons. The summed E-state index contributed by atoms with van der Waals surface area (Å²) in [4.78, 5) is 17.1. The topological polar surface area (TPSA) is 36.4 Å². The van der Waals surface area contributed by atoms with Gasteiger partial charge in [0.2, 0.25) is 0 Å². The molecule has 0 radical (unpaired) electrons. The first-order valence-corrected chi connectivity index (χ1v) is 7.72. The molecule has 3 rings (SSSR count). The fourth-order valence-corrected chi connectivity index (χ4v) is 3.08. The van der Waals surface area contributed by atoms with Crippen molar-refractivity contribution in [2.24, 2.45) is 0 Å². The van der Waals surface area contributed by atoms with E-state index in [1.165, 1.54) is 0 Å². The van der Waals surface area contributed by atoms with Crippen LogP contribution < -0.4 is 0 Å². The third kappa shape index (κ3) is 2.74. The van der Waals surface area contributed by atoms with Crippen LogP contribution >= 0.6 is 0 Å². The lowest BCUT2D eigenvalue weighted by Crippen LogP contribution is -2.45. The standard InChI is InChI=1S/C18H21N3O/c1-14-7-6-12-21(14)20(2)18(22)16-10-11-19-13-17(16)15-8-4-3-5-9-15/h3-5,8-11,13-14H,6-7,12H2,1-2H3. The average molecular weight is 295 g/mol.